The van der Waals surface area contributed by atoms with Crippen molar-refractivity contribution in [1.29, 1.82) is 5.26 Å². The maximum Gasteiger partial charge on any atom is 0.116 e. The minimum atomic E-state index is -0.993. The van der Waals surface area contributed by atoms with Crippen LogP contribution in [-0.4, -0.2) is 25.9 Å². The number of benzene rings is 1. The summed E-state index contributed by atoms with van der Waals surface area (Å²) in [5.74, 6) is 1.07. The van der Waals surface area contributed by atoms with Crippen LogP contribution < -0.4 is 0 Å². The Bertz CT molecular complexity index is 953. The fourth-order valence-corrected chi connectivity index (χ4v) is 5.88. The molecule has 1 atom stereocenters. The molecular formula is C20H17ClN2OS3. The van der Waals surface area contributed by atoms with E-state index < -0.39 is 10.8 Å². The highest BCUT2D eigenvalue weighted by Gasteiger charge is 2.17. The molecule has 2 aromatic heterocycles. The summed E-state index contributed by atoms with van der Waals surface area (Å²) in [7, 11) is -0.993. The summed E-state index contributed by atoms with van der Waals surface area (Å²) < 4.78 is 12.2. The van der Waals surface area contributed by atoms with Crippen molar-refractivity contribution in [3.63, 3.8) is 0 Å². The van der Waals surface area contributed by atoms with E-state index in [9.17, 15) is 9.47 Å². The molecule has 0 saturated carbocycles. The molecule has 0 N–H and O–H groups in total. The highest BCUT2D eigenvalue weighted by molar-refractivity contribution is 8.10. The highest BCUT2D eigenvalue weighted by Crippen LogP contribution is 2.35. The van der Waals surface area contributed by atoms with Gasteiger partial charge in [-0.3, -0.25) is 4.21 Å². The molecule has 1 unspecified atom stereocenters. The number of rotatable bonds is 8. The summed E-state index contributed by atoms with van der Waals surface area (Å²) in [4.78, 5) is 5.76. The lowest BCUT2D eigenvalue weighted by Crippen LogP contribution is -2.02. The molecule has 0 radical (unpaired) electrons. The lowest BCUT2D eigenvalue weighted by molar-refractivity contribution is 0.685. The Balaban J connectivity index is 2.01. The van der Waals surface area contributed by atoms with E-state index in [-0.39, 0.29) is 0 Å². The topological polar surface area (TPSA) is 53.8 Å². The first-order valence-corrected chi connectivity index (χ1v) is 12.2. The van der Waals surface area contributed by atoms with E-state index in [1.165, 1.54) is 11.8 Å². The summed E-state index contributed by atoms with van der Waals surface area (Å²) in [6, 6.07) is 18.1. The number of halogens is 1. The van der Waals surface area contributed by atoms with Crippen LogP contribution in [0.1, 0.15) is 12.0 Å². The average Bonchev–Trinajstić information content (AvgIpc) is 3.25. The second-order valence-electron chi connectivity index (χ2n) is 5.64. The number of hydrogen-bond acceptors (Lipinski definition) is 5. The third-order valence-electron chi connectivity index (χ3n) is 3.79. The van der Waals surface area contributed by atoms with E-state index in [0.717, 1.165) is 28.1 Å². The van der Waals surface area contributed by atoms with Gasteiger partial charge in [-0.25, -0.2) is 4.98 Å². The number of nitrogens with zero attached hydrogens (tertiary/aromatic N) is 2. The van der Waals surface area contributed by atoms with Crippen molar-refractivity contribution in [2.45, 2.75) is 11.4 Å². The quantitative estimate of drug-likeness (QED) is 0.334. The molecule has 0 aliphatic rings. The number of thiophene rings is 1. The van der Waals surface area contributed by atoms with Crippen molar-refractivity contribution in [3.05, 3.63) is 59.5 Å². The number of thioether (sulfide) groups is 1. The molecule has 0 bridgehead atoms. The normalized spacial score (nSPS) is 11.9. The van der Waals surface area contributed by atoms with Crippen molar-refractivity contribution in [3.8, 4) is 27.8 Å². The van der Waals surface area contributed by atoms with Crippen LogP contribution in [0.4, 0.5) is 0 Å². The zero-order valence-electron chi connectivity index (χ0n) is 14.4. The third kappa shape index (κ3) is 5.20. The van der Waals surface area contributed by atoms with Gasteiger partial charge >= 0.3 is 0 Å². The molecule has 0 aliphatic carbocycles. The van der Waals surface area contributed by atoms with Gasteiger partial charge in [0.1, 0.15) is 11.1 Å². The van der Waals surface area contributed by atoms with Gasteiger partial charge in [-0.2, -0.15) is 5.26 Å². The van der Waals surface area contributed by atoms with E-state index in [4.69, 9.17) is 16.6 Å². The largest absolute Gasteiger partial charge is 0.259 e. The summed E-state index contributed by atoms with van der Waals surface area (Å²) in [5.41, 5.74) is 3.18. The molecule has 27 heavy (non-hydrogen) atoms. The van der Waals surface area contributed by atoms with Gasteiger partial charge in [-0.15, -0.1) is 22.9 Å². The van der Waals surface area contributed by atoms with Gasteiger partial charge in [0, 0.05) is 28.0 Å². The number of aromatic nitrogens is 1. The van der Waals surface area contributed by atoms with Crippen LogP contribution in [0, 0.1) is 11.3 Å². The standard InChI is InChI=1S/C20H17ClN2OS3/c21-9-5-11-27(24)14-26-20-17(13-22)16(15-6-2-1-3-7-15)12-18(23-20)19-8-4-10-25-19/h1-4,6-8,10,12H,5,9,11,14H2. The molecule has 0 aliphatic heterocycles. The van der Waals surface area contributed by atoms with E-state index in [2.05, 4.69) is 6.07 Å². The molecule has 7 heteroatoms. The number of nitriles is 1. The minimum Gasteiger partial charge on any atom is -0.259 e. The van der Waals surface area contributed by atoms with Crippen LogP contribution in [0.2, 0.25) is 0 Å². The number of pyridine rings is 1. The molecule has 1 aromatic carbocycles. The zero-order chi connectivity index (χ0) is 19.1. The molecule has 0 fully saturated rings. The van der Waals surface area contributed by atoms with Gasteiger partial charge in [-0.05, 0) is 29.5 Å². The van der Waals surface area contributed by atoms with Gasteiger partial charge in [-0.1, -0.05) is 48.2 Å². The van der Waals surface area contributed by atoms with Crippen molar-refractivity contribution in [1.82, 2.24) is 4.98 Å². The van der Waals surface area contributed by atoms with E-state index >= 15 is 0 Å². The summed E-state index contributed by atoms with van der Waals surface area (Å²) in [5, 5.41) is 12.8. The first-order chi connectivity index (χ1) is 13.2. The fraction of sp³-hybridized carbons (Fsp3) is 0.200. The van der Waals surface area contributed by atoms with E-state index in [0.29, 0.717) is 27.3 Å². The molecule has 3 nitrogen and oxygen atoms in total. The maximum absolute atomic E-state index is 12.2. The predicted octanol–water partition coefficient (Wildman–Crippen LogP) is 5.78. The van der Waals surface area contributed by atoms with Gasteiger partial charge in [0.15, 0.2) is 0 Å². The zero-order valence-corrected chi connectivity index (χ0v) is 17.6. The Labute approximate surface area is 174 Å². The second kappa shape index (κ2) is 10.0. The van der Waals surface area contributed by atoms with Gasteiger partial charge in [0.2, 0.25) is 0 Å². The Morgan fingerprint density at radius 3 is 2.70 bits per heavy atom. The monoisotopic (exact) mass is 432 g/mol. The van der Waals surface area contributed by atoms with Crippen molar-refractivity contribution >= 4 is 45.5 Å². The fourth-order valence-electron chi connectivity index (χ4n) is 2.53. The van der Waals surface area contributed by atoms with Crippen molar-refractivity contribution in [2.75, 3.05) is 16.7 Å². The maximum atomic E-state index is 12.2. The highest BCUT2D eigenvalue weighted by atomic mass is 35.5. The Morgan fingerprint density at radius 2 is 2.04 bits per heavy atom. The number of alkyl halides is 1. The lowest BCUT2D eigenvalue weighted by Gasteiger charge is -2.11. The van der Waals surface area contributed by atoms with Crippen LogP contribution in [0.15, 0.2) is 58.9 Å². The van der Waals surface area contributed by atoms with Gasteiger partial charge in [0.25, 0.3) is 0 Å². The van der Waals surface area contributed by atoms with Crippen LogP contribution in [0.25, 0.3) is 21.7 Å². The third-order valence-corrected chi connectivity index (χ3v) is 7.78. The Morgan fingerprint density at radius 1 is 1.22 bits per heavy atom. The summed E-state index contributed by atoms with van der Waals surface area (Å²) in [6.45, 7) is 0. The molecule has 3 rings (SSSR count). The van der Waals surface area contributed by atoms with Crippen LogP contribution in [0.3, 0.4) is 0 Å². The van der Waals surface area contributed by atoms with Crippen LogP contribution in [0.5, 0.6) is 0 Å². The molecule has 2 heterocycles. The summed E-state index contributed by atoms with van der Waals surface area (Å²) in [6.07, 6.45) is 0.720. The van der Waals surface area contributed by atoms with Crippen molar-refractivity contribution in [2.24, 2.45) is 0 Å². The SMILES string of the molecule is N#Cc1c(-c2ccccc2)cc(-c2cccs2)nc1SCS(=O)CCCCl. The van der Waals surface area contributed by atoms with E-state index in [1.807, 2.05) is 53.9 Å². The molecule has 0 amide bonds. The smallest absolute Gasteiger partial charge is 0.116 e. The predicted molar refractivity (Wildman–Crippen MR) is 117 cm³/mol. The second-order valence-corrected chi connectivity index (χ2v) is 9.87. The molecule has 3 aromatic rings. The molecular weight excluding hydrogens is 416 g/mol. The Kier molecular flexibility index (Phi) is 7.48. The lowest BCUT2D eigenvalue weighted by atomic mass is 10.0. The van der Waals surface area contributed by atoms with Gasteiger partial charge < -0.3 is 0 Å². The first-order valence-electron chi connectivity index (χ1n) is 8.31. The van der Waals surface area contributed by atoms with Crippen LogP contribution in [-0.2, 0) is 10.8 Å². The molecule has 138 valence electrons. The van der Waals surface area contributed by atoms with Gasteiger partial charge in [0.05, 0.1) is 21.2 Å². The van der Waals surface area contributed by atoms with E-state index in [1.54, 1.807) is 11.3 Å². The summed E-state index contributed by atoms with van der Waals surface area (Å²) >= 11 is 8.67. The first kappa shape index (κ1) is 20.1. The molecule has 0 saturated heterocycles. The molecule has 0 spiro atoms. The minimum absolute atomic E-state index is 0.403. The Hall–Kier alpha value is -1.65. The average molecular weight is 433 g/mol. The van der Waals surface area contributed by atoms with Crippen LogP contribution >= 0.6 is 34.7 Å². The number of hydrogen-bond donors (Lipinski definition) is 0. The van der Waals surface area contributed by atoms with Crippen molar-refractivity contribution < 1.29 is 4.21 Å².